The van der Waals surface area contributed by atoms with Crippen molar-refractivity contribution in [2.75, 3.05) is 19.8 Å². The highest BCUT2D eigenvalue weighted by atomic mass is 127. The summed E-state index contributed by atoms with van der Waals surface area (Å²) in [5.74, 6) is 0.448. The van der Waals surface area contributed by atoms with Crippen LogP contribution in [0.3, 0.4) is 0 Å². The van der Waals surface area contributed by atoms with Gasteiger partial charge in [-0.3, -0.25) is 0 Å². The Kier molecular flexibility index (Phi) is 9.30. The van der Waals surface area contributed by atoms with Gasteiger partial charge in [-0.05, 0) is 25.5 Å². The number of para-hydroxylation sites is 1. The number of halogens is 1. The number of rotatable bonds is 8. The number of guanidine groups is 1. The Labute approximate surface area is 154 Å². The van der Waals surface area contributed by atoms with Crippen LogP contribution in [0.2, 0.25) is 0 Å². The molecule has 2 rings (SSSR count). The Morgan fingerprint density at radius 2 is 2.13 bits per heavy atom. The molecule has 0 saturated heterocycles. The maximum atomic E-state index is 5.83. The first-order chi connectivity index (χ1) is 10.8. The van der Waals surface area contributed by atoms with E-state index in [0.717, 1.165) is 37.4 Å². The van der Waals surface area contributed by atoms with E-state index in [1.54, 1.807) is 6.20 Å². The molecule has 1 aromatic heterocycles. The van der Waals surface area contributed by atoms with Crippen molar-refractivity contribution in [1.29, 1.82) is 0 Å². The molecule has 0 unspecified atom stereocenters. The third-order valence-corrected chi connectivity index (χ3v) is 3.06. The zero-order chi connectivity index (χ0) is 15.6. The number of nitrogens with zero attached hydrogens (tertiary/aromatic N) is 3. The van der Waals surface area contributed by atoms with Crippen LogP contribution in [-0.2, 0) is 11.3 Å². The minimum absolute atomic E-state index is 0. The summed E-state index contributed by atoms with van der Waals surface area (Å²) in [4.78, 5) is 4.31. The third kappa shape index (κ3) is 7.00. The van der Waals surface area contributed by atoms with E-state index in [-0.39, 0.29) is 24.0 Å². The number of aliphatic imine (C=N–C) groups is 1. The number of hydrogen-bond acceptors (Lipinski definition) is 3. The van der Waals surface area contributed by atoms with Crippen molar-refractivity contribution in [3.8, 4) is 5.69 Å². The lowest BCUT2D eigenvalue weighted by atomic mass is 10.3. The molecule has 0 aliphatic carbocycles. The summed E-state index contributed by atoms with van der Waals surface area (Å²) >= 11 is 0. The highest BCUT2D eigenvalue weighted by Crippen LogP contribution is 2.08. The van der Waals surface area contributed by atoms with Crippen molar-refractivity contribution >= 4 is 29.9 Å². The van der Waals surface area contributed by atoms with E-state index < -0.39 is 0 Å². The summed E-state index contributed by atoms with van der Waals surface area (Å²) in [7, 11) is 0. The summed E-state index contributed by atoms with van der Waals surface area (Å²) < 4.78 is 7.09. The number of nitrogens with one attached hydrogen (secondary N) is 1. The molecule has 3 N–H and O–H groups in total. The Hall–Kier alpha value is -1.61. The van der Waals surface area contributed by atoms with Crippen LogP contribution in [0.25, 0.3) is 5.69 Å². The molecule has 0 amide bonds. The van der Waals surface area contributed by atoms with Crippen LogP contribution in [-0.4, -0.2) is 35.5 Å². The molecule has 23 heavy (non-hydrogen) atoms. The van der Waals surface area contributed by atoms with Crippen molar-refractivity contribution in [2.45, 2.75) is 19.9 Å². The molecule has 0 fully saturated rings. The second-order valence-corrected chi connectivity index (χ2v) is 4.81. The average Bonchev–Trinajstić information content (AvgIpc) is 3.02. The smallest absolute Gasteiger partial charge is 0.188 e. The minimum atomic E-state index is 0. The van der Waals surface area contributed by atoms with E-state index in [9.17, 15) is 0 Å². The van der Waals surface area contributed by atoms with Gasteiger partial charge < -0.3 is 15.8 Å². The molecule has 7 heteroatoms. The SMILES string of the molecule is CCOCCCNC(N)=NCc1cnn(-c2ccccc2)c1.I. The summed E-state index contributed by atoms with van der Waals surface area (Å²) in [6, 6.07) is 9.97. The fraction of sp³-hybridized carbons (Fsp3) is 0.375. The minimum Gasteiger partial charge on any atom is -0.382 e. The van der Waals surface area contributed by atoms with Crippen molar-refractivity contribution in [1.82, 2.24) is 15.1 Å². The van der Waals surface area contributed by atoms with E-state index in [1.807, 2.05) is 48.1 Å². The molecule has 1 aromatic carbocycles. The molecule has 0 saturated carbocycles. The highest BCUT2D eigenvalue weighted by molar-refractivity contribution is 14.0. The first kappa shape index (κ1) is 19.4. The van der Waals surface area contributed by atoms with Crippen LogP contribution in [0, 0.1) is 0 Å². The van der Waals surface area contributed by atoms with Gasteiger partial charge in [0.2, 0.25) is 0 Å². The number of hydrogen-bond donors (Lipinski definition) is 2. The van der Waals surface area contributed by atoms with Crippen LogP contribution in [0.1, 0.15) is 18.9 Å². The molecule has 1 heterocycles. The van der Waals surface area contributed by atoms with Gasteiger partial charge in [0.15, 0.2) is 5.96 Å². The lowest BCUT2D eigenvalue weighted by molar-refractivity contribution is 0.145. The second kappa shape index (κ2) is 11.0. The maximum absolute atomic E-state index is 5.83. The van der Waals surface area contributed by atoms with Gasteiger partial charge in [-0.15, -0.1) is 24.0 Å². The van der Waals surface area contributed by atoms with Crippen LogP contribution in [0.5, 0.6) is 0 Å². The van der Waals surface area contributed by atoms with E-state index >= 15 is 0 Å². The molecule has 2 aromatic rings. The molecule has 0 aliphatic heterocycles. The van der Waals surface area contributed by atoms with E-state index in [1.165, 1.54) is 0 Å². The van der Waals surface area contributed by atoms with Gasteiger partial charge in [0.05, 0.1) is 18.4 Å². The first-order valence-corrected chi connectivity index (χ1v) is 7.50. The third-order valence-electron chi connectivity index (χ3n) is 3.06. The summed E-state index contributed by atoms with van der Waals surface area (Å²) in [6.07, 6.45) is 4.68. The van der Waals surface area contributed by atoms with Gasteiger partial charge in [0, 0.05) is 31.5 Å². The topological polar surface area (TPSA) is 77.5 Å². The monoisotopic (exact) mass is 429 g/mol. The Morgan fingerprint density at radius 1 is 1.35 bits per heavy atom. The van der Waals surface area contributed by atoms with Crippen molar-refractivity contribution in [2.24, 2.45) is 10.7 Å². The molecular weight excluding hydrogens is 405 g/mol. The molecular formula is C16H24IN5O. The Morgan fingerprint density at radius 3 is 2.87 bits per heavy atom. The first-order valence-electron chi connectivity index (χ1n) is 7.50. The lowest BCUT2D eigenvalue weighted by Crippen LogP contribution is -2.32. The summed E-state index contributed by atoms with van der Waals surface area (Å²) in [5, 5.41) is 7.40. The fourth-order valence-corrected chi connectivity index (χ4v) is 1.93. The number of ether oxygens (including phenoxy) is 1. The predicted octanol–water partition coefficient (Wildman–Crippen LogP) is 2.32. The van der Waals surface area contributed by atoms with E-state index in [4.69, 9.17) is 10.5 Å². The Balaban J connectivity index is 0.00000264. The number of nitrogens with two attached hydrogens (primary N) is 1. The Bertz CT molecular complexity index is 585. The van der Waals surface area contributed by atoms with Gasteiger partial charge >= 0.3 is 0 Å². The fourth-order valence-electron chi connectivity index (χ4n) is 1.93. The second-order valence-electron chi connectivity index (χ2n) is 4.81. The maximum Gasteiger partial charge on any atom is 0.188 e. The quantitative estimate of drug-likeness (QED) is 0.292. The van der Waals surface area contributed by atoms with Gasteiger partial charge in [-0.2, -0.15) is 5.10 Å². The number of aromatic nitrogens is 2. The van der Waals surface area contributed by atoms with Crippen molar-refractivity contribution in [3.63, 3.8) is 0 Å². The molecule has 0 spiro atoms. The summed E-state index contributed by atoms with van der Waals surface area (Å²) in [5.41, 5.74) is 7.87. The summed E-state index contributed by atoms with van der Waals surface area (Å²) in [6.45, 7) is 4.74. The van der Waals surface area contributed by atoms with Gasteiger partial charge in [0.25, 0.3) is 0 Å². The zero-order valence-electron chi connectivity index (χ0n) is 13.3. The average molecular weight is 429 g/mol. The molecule has 6 nitrogen and oxygen atoms in total. The van der Waals surface area contributed by atoms with Crippen LogP contribution >= 0.6 is 24.0 Å². The van der Waals surface area contributed by atoms with Crippen LogP contribution in [0.15, 0.2) is 47.7 Å². The van der Waals surface area contributed by atoms with E-state index in [2.05, 4.69) is 15.4 Å². The number of benzene rings is 1. The molecule has 0 radical (unpaired) electrons. The van der Waals surface area contributed by atoms with Crippen LogP contribution in [0.4, 0.5) is 0 Å². The predicted molar refractivity (Wildman–Crippen MR) is 103 cm³/mol. The molecule has 0 atom stereocenters. The van der Waals surface area contributed by atoms with Crippen molar-refractivity contribution in [3.05, 3.63) is 48.3 Å². The molecule has 126 valence electrons. The van der Waals surface area contributed by atoms with Gasteiger partial charge in [-0.25, -0.2) is 9.67 Å². The lowest BCUT2D eigenvalue weighted by Gasteiger charge is -2.05. The normalized spacial score (nSPS) is 11.1. The van der Waals surface area contributed by atoms with E-state index in [0.29, 0.717) is 12.5 Å². The van der Waals surface area contributed by atoms with Crippen molar-refractivity contribution < 1.29 is 4.74 Å². The highest BCUT2D eigenvalue weighted by Gasteiger charge is 2.00. The van der Waals surface area contributed by atoms with Gasteiger partial charge in [0.1, 0.15) is 0 Å². The zero-order valence-corrected chi connectivity index (χ0v) is 15.6. The van der Waals surface area contributed by atoms with Gasteiger partial charge in [-0.1, -0.05) is 18.2 Å². The molecule has 0 bridgehead atoms. The molecule has 0 aliphatic rings. The van der Waals surface area contributed by atoms with Crippen LogP contribution < -0.4 is 11.1 Å². The standard InChI is InChI=1S/C16H23N5O.HI/c1-2-22-10-6-9-18-16(17)19-11-14-12-20-21(13-14)15-7-4-3-5-8-15;/h3-5,7-8,12-13H,2,6,9-11H2,1H3,(H3,17,18,19);1H. The largest absolute Gasteiger partial charge is 0.382 e.